The van der Waals surface area contributed by atoms with Gasteiger partial charge in [-0.1, -0.05) is 19.8 Å². The number of hydrogen-bond acceptors (Lipinski definition) is 3. The summed E-state index contributed by atoms with van der Waals surface area (Å²) in [5.74, 6) is -0.413. The van der Waals surface area contributed by atoms with Gasteiger partial charge >= 0.3 is 5.97 Å². The molecule has 0 aromatic rings. The van der Waals surface area contributed by atoms with Crippen LogP contribution in [-0.4, -0.2) is 36.2 Å². The largest absolute Gasteiger partial charge is 0.480 e. The minimum atomic E-state index is -0.934. The molecule has 116 valence electrons. The molecule has 1 atom stereocenters. The van der Waals surface area contributed by atoms with E-state index in [-0.39, 0.29) is 5.91 Å². The Labute approximate surface area is 121 Å². The number of aliphatic carboxylic acids is 1. The van der Waals surface area contributed by atoms with Crippen LogP contribution in [0, 0.1) is 5.92 Å². The average Bonchev–Trinajstić information content (AvgIpc) is 2.44. The molecule has 1 heterocycles. The lowest BCUT2D eigenvalue weighted by Gasteiger charge is -2.21. The van der Waals surface area contributed by atoms with Crippen LogP contribution in [0.5, 0.6) is 0 Å². The topological polar surface area (TPSA) is 75.6 Å². The van der Waals surface area contributed by atoms with Gasteiger partial charge in [0.05, 0.1) is 0 Å². The van der Waals surface area contributed by atoms with Gasteiger partial charge in [0.15, 0.2) is 0 Å². The van der Waals surface area contributed by atoms with E-state index in [1.807, 2.05) is 6.92 Å². The lowest BCUT2D eigenvalue weighted by atomic mass is 9.94. The van der Waals surface area contributed by atoms with E-state index in [0.29, 0.717) is 18.8 Å². The molecular weight excluding hydrogens is 258 g/mol. The van der Waals surface area contributed by atoms with Crippen molar-refractivity contribution in [3.63, 3.8) is 0 Å². The third-order valence-corrected chi connectivity index (χ3v) is 3.84. The number of carbonyl (C=O) groups excluding carboxylic acids is 1. The van der Waals surface area contributed by atoms with Gasteiger partial charge in [0, 0.05) is 19.6 Å². The van der Waals surface area contributed by atoms with E-state index < -0.39 is 12.0 Å². The second kappa shape index (κ2) is 9.75. The fourth-order valence-corrected chi connectivity index (χ4v) is 2.52. The Morgan fingerprint density at radius 2 is 2.00 bits per heavy atom. The van der Waals surface area contributed by atoms with Crippen molar-refractivity contribution in [1.29, 1.82) is 0 Å². The molecule has 0 unspecified atom stereocenters. The molecule has 0 aromatic carbocycles. The van der Waals surface area contributed by atoms with Crippen LogP contribution < -0.4 is 5.32 Å². The summed E-state index contributed by atoms with van der Waals surface area (Å²) in [6.45, 7) is 3.67. The minimum Gasteiger partial charge on any atom is -0.480 e. The van der Waals surface area contributed by atoms with Crippen molar-refractivity contribution >= 4 is 11.9 Å². The predicted octanol–water partition coefficient (Wildman–Crippen LogP) is 2.34. The van der Waals surface area contributed by atoms with Gasteiger partial charge in [0.25, 0.3) is 0 Å². The third kappa shape index (κ3) is 6.89. The van der Waals surface area contributed by atoms with Gasteiger partial charge in [-0.15, -0.1) is 0 Å². The van der Waals surface area contributed by atoms with Crippen LogP contribution in [0.1, 0.15) is 58.3 Å². The zero-order valence-corrected chi connectivity index (χ0v) is 12.4. The van der Waals surface area contributed by atoms with E-state index in [2.05, 4.69) is 5.32 Å². The molecule has 20 heavy (non-hydrogen) atoms. The van der Waals surface area contributed by atoms with E-state index >= 15 is 0 Å². The summed E-state index contributed by atoms with van der Waals surface area (Å²) in [7, 11) is 0. The van der Waals surface area contributed by atoms with Crippen molar-refractivity contribution in [3.8, 4) is 0 Å². The Kier molecular flexibility index (Phi) is 8.26. The number of ether oxygens (including phenoxy) is 1. The lowest BCUT2D eigenvalue weighted by molar-refractivity contribution is -0.142. The highest BCUT2D eigenvalue weighted by Gasteiger charge is 2.19. The van der Waals surface area contributed by atoms with E-state index in [4.69, 9.17) is 9.84 Å². The van der Waals surface area contributed by atoms with E-state index in [9.17, 15) is 9.59 Å². The van der Waals surface area contributed by atoms with Crippen LogP contribution in [0.4, 0.5) is 0 Å². The maximum atomic E-state index is 11.8. The van der Waals surface area contributed by atoms with Crippen molar-refractivity contribution in [2.45, 2.75) is 64.3 Å². The highest BCUT2D eigenvalue weighted by molar-refractivity contribution is 5.83. The average molecular weight is 285 g/mol. The van der Waals surface area contributed by atoms with Crippen LogP contribution in [0.3, 0.4) is 0 Å². The zero-order chi connectivity index (χ0) is 14.8. The van der Waals surface area contributed by atoms with Gasteiger partial charge < -0.3 is 15.2 Å². The Hall–Kier alpha value is -1.10. The first kappa shape index (κ1) is 17.0. The van der Waals surface area contributed by atoms with Gasteiger partial charge in [0.2, 0.25) is 5.91 Å². The maximum Gasteiger partial charge on any atom is 0.326 e. The molecule has 1 amide bonds. The highest BCUT2D eigenvalue weighted by atomic mass is 16.5. The number of unbranched alkanes of at least 4 members (excludes halogenated alkanes) is 1. The Bertz CT molecular complexity index is 300. The number of carboxylic acids is 1. The quantitative estimate of drug-likeness (QED) is 0.682. The van der Waals surface area contributed by atoms with Gasteiger partial charge in [0.1, 0.15) is 6.04 Å². The van der Waals surface area contributed by atoms with Crippen molar-refractivity contribution < 1.29 is 19.4 Å². The number of hydrogen-bond donors (Lipinski definition) is 2. The molecular formula is C15H27NO4. The lowest BCUT2D eigenvalue weighted by Crippen LogP contribution is -2.40. The highest BCUT2D eigenvalue weighted by Crippen LogP contribution is 2.20. The molecule has 1 aliphatic rings. The van der Waals surface area contributed by atoms with E-state index in [1.54, 1.807) is 0 Å². The Balaban J connectivity index is 2.18. The Morgan fingerprint density at radius 1 is 1.30 bits per heavy atom. The first-order valence-electron chi connectivity index (χ1n) is 7.73. The van der Waals surface area contributed by atoms with Gasteiger partial charge in [-0.3, -0.25) is 4.79 Å². The summed E-state index contributed by atoms with van der Waals surface area (Å²) < 4.78 is 5.30. The van der Waals surface area contributed by atoms with Crippen molar-refractivity contribution in [2.75, 3.05) is 13.2 Å². The van der Waals surface area contributed by atoms with Crippen molar-refractivity contribution in [3.05, 3.63) is 0 Å². The smallest absolute Gasteiger partial charge is 0.326 e. The van der Waals surface area contributed by atoms with E-state index in [1.165, 1.54) is 0 Å². The minimum absolute atomic E-state index is 0.138. The monoisotopic (exact) mass is 285 g/mol. The molecule has 1 saturated heterocycles. The first-order valence-corrected chi connectivity index (χ1v) is 7.73. The van der Waals surface area contributed by atoms with Gasteiger partial charge in [-0.05, 0) is 38.0 Å². The van der Waals surface area contributed by atoms with Crippen LogP contribution >= 0.6 is 0 Å². The van der Waals surface area contributed by atoms with Crippen LogP contribution in [-0.2, 0) is 14.3 Å². The van der Waals surface area contributed by atoms with Crippen LogP contribution in [0.2, 0.25) is 0 Å². The molecule has 1 aliphatic heterocycles. The summed E-state index contributed by atoms with van der Waals surface area (Å²) in [5.41, 5.74) is 0. The molecule has 2 N–H and O–H groups in total. The van der Waals surface area contributed by atoms with E-state index in [0.717, 1.165) is 51.7 Å². The molecule has 0 spiro atoms. The molecule has 0 aromatic heterocycles. The number of rotatable bonds is 9. The summed E-state index contributed by atoms with van der Waals surface area (Å²) in [6, 6.07) is -0.731. The molecule has 0 aliphatic carbocycles. The molecule has 1 fully saturated rings. The second-order valence-electron chi connectivity index (χ2n) is 5.55. The fraction of sp³-hybridized carbons (Fsp3) is 0.867. The summed E-state index contributed by atoms with van der Waals surface area (Å²) in [5, 5.41) is 11.7. The summed E-state index contributed by atoms with van der Waals surface area (Å²) in [4.78, 5) is 22.8. The number of carboxylic acid groups (broad SMARTS) is 1. The third-order valence-electron chi connectivity index (χ3n) is 3.84. The molecule has 1 rings (SSSR count). The standard InChI is InChI=1S/C15H27NO4/c1-2-3-6-13(15(18)19)16-14(17)7-4-5-12-8-10-20-11-9-12/h12-13H,2-11H2,1H3,(H,16,17)(H,18,19)/t13-/m0/s1. The number of amides is 1. The summed E-state index contributed by atoms with van der Waals surface area (Å²) >= 11 is 0. The normalized spacial score (nSPS) is 17.6. The van der Waals surface area contributed by atoms with Gasteiger partial charge in [-0.25, -0.2) is 4.79 Å². The number of carbonyl (C=O) groups is 2. The Morgan fingerprint density at radius 3 is 2.60 bits per heavy atom. The second-order valence-corrected chi connectivity index (χ2v) is 5.55. The van der Waals surface area contributed by atoms with Crippen LogP contribution in [0.15, 0.2) is 0 Å². The first-order chi connectivity index (χ1) is 9.63. The maximum absolute atomic E-state index is 11.8. The van der Waals surface area contributed by atoms with Crippen molar-refractivity contribution in [2.24, 2.45) is 5.92 Å². The number of nitrogens with one attached hydrogen (secondary N) is 1. The van der Waals surface area contributed by atoms with Crippen LogP contribution in [0.25, 0.3) is 0 Å². The molecule has 0 saturated carbocycles. The molecule has 0 radical (unpaired) electrons. The van der Waals surface area contributed by atoms with Gasteiger partial charge in [-0.2, -0.15) is 0 Å². The summed E-state index contributed by atoms with van der Waals surface area (Å²) in [6.07, 6.45) is 6.71. The molecule has 0 bridgehead atoms. The SMILES string of the molecule is CCCC[C@H](NC(=O)CCCC1CCOCC1)C(=O)O. The zero-order valence-electron chi connectivity index (χ0n) is 12.4. The predicted molar refractivity (Wildman–Crippen MR) is 76.5 cm³/mol. The molecule has 5 nitrogen and oxygen atoms in total. The van der Waals surface area contributed by atoms with Crippen molar-refractivity contribution in [1.82, 2.24) is 5.32 Å². The fourth-order valence-electron chi connectivity index (χ4n) is 2.52. The molecule has 5 heteroatoms.